The topological polar surface area (TPSA) is 81.9 Å². The molecule has 0 radical (unpaired) electrons. The van der Waals surface area contributed by atoms with Crippen LogP contribution >= 0.6 is 11.8 Å². The van der Waals surface area contributed by atoms with Crippen molar-refractivity contribution in [2.45, 2.75) is 37.1 Å². The first-order valence-electron chi connectivity index (χ1n) is 9.74. The monoisotopic (exact) mass is 409 g/mol. The Bertz CT molecular complexity index is 941. The smallest absolute Gasteiger partial charge is 0.225 e. The number of carbonyl (C=O) groups is 1. The molecule has 8 heteroatoms. The summed E-state index contributed by atoms with van der Waals surface area (Å²) < 4.78 is 7.42. The molecule has 29 heavy (non-hydrogen) atoms. The number of nitrogens with zero attached hydrogens (tertiary/aromatic N) is 4. The number of nitrogens with one attached hydrogen (secondary N) is 1. The van der Waals surface area contributed by atoms with E-state index in [2.05, 4.69) is 20.8 Å². The summed E-state index contributed by atoms with van der Waals surface area (Å²) in [5.74, 6) is 0.574. The number of hydrogen-bond donors (Lipinski definition) is 1. The van der Waals surface area contributed by atoms with Gasteiger partial charge in [0.2, 0.25) is 11.1 Å². The highest BCUT2D eigenvalue weighted by molar-refractivity contribution is 7.99. The quantitative estimate of drug-likeness (QED) is 0.572. The molecule has 0 unspecified atom stereocenters. The Labute approximate surface area is 173 Å². The van der Waals surface area contributed by atoms with Crippen LogP contribution in [0.1, 0.15) is 19.3 Å². The van der Waals surface area contributed by atoms with Crippen molar-refractivity contribution in [3.05, 3.63) is 54.6 Å². The van der Waals surface area contributed by atoms with Crippen LogP contribution in [0.3, 0.4) is 0 Å². The predicted octanol–water partition coefficient (Wildman–Crippen LogP) is 3.64. The number of ether oxygens (including phenoxy) is 1. The summed E-state index contributed by atoms with van der Waals surface area (Å²) in [7, 11) is 0. The van der Waals surface area contributed by atoms with Crippen LogP contribution in [0.2, 0.25) is 0 Å². The van der Waals surface area contributed by atoms with Gasteiger partial charge in [0.05, 0.1) is 12.6 Å². The molecule has 150 valence electrons. The van der Waals surface area contributed by atoms with E-state index in [1.165, 1.54) is 11.8 Å². The van der Waals surface area contributed by atoms with Gasteiger partial charge in [-0.1, -0.05) is 60.3 Å². The summed E-state index contributed by atoms with van der Waals surface area (Å²) in [6, 6.07) is 17.9. The summed E-state index contributed by atoms with van der Waals surface area (Å²) in [5.41, 5.74) is 2.90. The number of aromatic nitrogens is 4. The highest BCUT2D eigenvalue weighted by atomic mass is 32.2. The van der Waals surface area contributed by atoms with Crippen molar-refractivity contribution in [2.75, 3.05) is 17.7 Å². The molecule has 1 amide bonds. The molecule has 1 aliphatic heterocycles. The Kier molecular flexibility index (Phi) is 6.53. The Morgan fingerprint density at radius 1 is 1.17 bits per heavy atom. The maximum Gasteiger partial charge on any atom is 0.225 e. The zero-order chi connectivity index (χ0) is 19.9. The average molecular weight is 410 g/mol. The number of anilines is 1. The number of benzene rings is 2. The average Bonchev–Trinajstić information content (AvgIpc) is 3.42. The molecule has 0 saturated carbocycles. The number of hydrogen-bond acceptors (Lipinski definition) is 6. The number of thioether (sulfide) groups is 1. The van der Waals surface area contributed by atoms with Gasteiger partial charge in [0.15, 0.2) is 0 Å². The maximum absolute atomic E-state index is 12.5. The van der Waals surface area contributed by atoms with Crippen LogP contribution in [-0.2, 0) is 16.1 Å². The van der Waals surface area contributed by atoms with Crippen molar-refractivity contribution < 1.29 is 9.53 Å². The van der Waals surface area contributed by atoms with E-state index in [0.29, 0.717) is 18.7 Å². The lowest BCUT2D eigenvalue weighted by atomic mass is 10.0. The zero-order valence-corrected chi connectivity index (χ0v) is 16.8. The van der Waals surface area contributed by atoms with Gasteiger partial charge >= 0.3 is 0 Å². The van der Waals surface area contributed by atoms with E-state index < -0.39 is 0 Å². The molecule has 1 aromatic heterocycles. The van der Waals surface area contributed by atoms with Crippen molar-refractivity contribution in [3.63, 3.8) is 0 Å². The van der Waals surface area contributed by atoms with E-state index in [0.717, 1.165) is 41.4 Å². The zero-order valence-electron chi connectivity index (χ0n) is 16.0. The molecular weight excluding hydrogens is 386 g/mol. The third-order valence-corrected chi connectivity index (χ3v) is 5.70. The number of rotatable bonds is 8. The van der Waals surface area contributed by atoms with Crippen LogP contribution in [0.4, 0.5) is 5.69 Å². The minimum absolute atomic E-state index is 0.0287. The minimum atomic E-state index is -0.0287. The molecule has 1 fully saturated rings. The molecule has 1 saturated heterocycles. The van der Waals surface area contributed by atoms with Gasteiger partial charge in [0.25, 0.3) is 0 Å². The van der Waals surface area contributed by atoms with E-state index in [1.807, 2.05) is 54.6 Å². The van der Waals surface area contributed by atoms with E-state index in [-0.39, 0.29) is 12.0 Å². The van der Waals surface area contributed by atoms with Crippen molar-refractivity contribution in [3.8, 4) is 11.1 Å². The first-order chi connectivity index (χ1) is 14.3. The summed E-state index contributed by atoms with van der Waals surface area (Å²) in [5, 5.41) is 15.6. The van der Waals surface area contributed by atoms with Crippen LogP contribution in [0.25, 0.3) is 11.1 Å². The standard InChI is InChI=1S/C21H23N5O2S/c27-20(22-19-11-5-4-10-18(19)16-7-2-1-3-8-16)12-14-29-21-23-24-25-26(21)15-17-9-6-13-28-17/h1-5,7-8,10-11,17H,6,9,12-15H2,(H,22,27)/t17-/m1/s1. The van der Waals surface area contributed by atoms with Crippen molar-refractivity contribution in [1.82, 2.24) is 20.2 Å². The van der Waals surface area contributed by atoms with Crippen LogP contribution in [-0.4, -0.2) is 44.6 Å². The lowest BCUT2D eigenvalue weighted by Gasteiger charge is -2.12. The lowest BCUT2D eigenvalue weighted by molar-refractivity contribution is -0.115. The molecule has 1 atom stereocenters. The molecule has 0 aliphatic carbocycles. The molecule has 7 nitrogen and oxygen atoms in total. The second-order valence-corrected chi connectivity index (χ2v) is 7.90. The molecule has 0 spiro atoms. The van der Waals surface area contributed by atoms with Crippen molar-refractivity contribution in [1.29, 1.82) is 0 Å². The van der Waals surface area contributed by atoms with Gasteiger partial charge < -0.3 is 10.1 Å². The van der Waals surface area contributed by atoms with Crippen molar-refractivity contribution >= 4 is 23.4 Å². The van der Waals surface area contributed by atoms with E-state index in [4.69, 9.17) is 4.74 Å². The van der Waals surface area contributed by atoms with Crippen LogP contribution in [0, 0.1) is 0 Å². The van der Waals surface area contributed by atoms with Gasteiger partial charge in [0.1, 0.15) is 0 Å². The van der Waals surface area contributed by atoms with Crippen LogP contribution in [0.5, 0.6) is 0 Å². The number of carbonyl (C=O) groups excluding carboxylic acids is 1. The van der Waals surface area contributed by atoms with Crippen molar-refractivity contribution in [2.24, 2.45) is 0 Å². The Morgan fingerprint density at radius 3 is 2.83 bits per heavy atom. The number of tetrazole rings is 1. The fourth-order valence-corrected chi connectivity index (χ4v) is 4.13. The summed E-state index contributed by atoms with van der Waals surface area (Å²) in [6.45, 7) is 1.46. The molecule has 2 heterocycles. The fourth-order valence-electron chi connectivity index (χ4n) is 3.30. The summed E-state index contributed by atoms with van der Waals surface area (Å²) in [6.07, 6.45) is 2.67. The lowest BCUT2D eigenvalue weighted by Crippen LogP contribution is -2.17. The second-order valence-electron chi connectivity index (χ2n) is 6.84. The predicted molar refractivity (Wildman–Crippen MR) is 113 cm³/mol. The summed E-state index contributed by atoms with van der Waals surface area (Å²) in [4.78, 5) is 12.5. The second kappa shape index (κ2) is 9.67. The van der Waals surface area contributed by atoms with Crippen LogP contribution < -0.4 is 5.32 Å². The largest absolute Gasteiger partial charge is 0.376 e. The van der Waals surface area contributed by atoms with Gasteiger partial charge in [-0.15, -0.1) is 5.10 Å². The molecule has 2 aromatic carbocycles. The molecular formula is C21H23N5O2S. The molecule has 1 N–H and O–H groups in total. The first-order valence-corrected chi connectivity index (χ1v) is 10.7. The molecule has 1 aliphatic rings. The van der Waals surface area contributed by atoms with Gasteiger partial charge in [-0.25, -0.2) is 4.68 Å². The van der Waals surface area contributed by atoms with Crippen LogP contribution in [0.15, 0.2) is 59.8 Å². The highest BCUT2D eigenvalue weighted by Gasteiger charge is 2.19. The molecule has 4 rings (SSSR count). The van der Waals surface area contributed by atoms with Gasteiger partial charge in [-0.3, -0.25) is 4.79 Å². The number of amides is 1. The molecule has 3 aromatic rings. The minimum Gasteiger partial charge on any atom is -0.376 e. The third-order valence-electron chi connectivity index (χ3n) is 4.75. The summed E-state index contributed by atoms with van der Waals surface area (Å²) >= 11 is 1.49. The van der Waals surface area contributed by atoms with Gasteiger partial charge in [-0.05, 0) is 34.9 Å². The van der Waals surface area contributed by atoms with E-state index in [1.54, 1.807) is 4.68 Å². The normalized spacial score (nSPS) is 16.1. The number of para-hydroxylation sites is 1. The Balaban J connectivity index is 1.31. The third kappa shape index (κ3) is 5.21. The van der Waals surface area contributed by atoms with E-state index >= 15 is 0 Å². The Morgan fingerprint density at radius 2 is 2.00 bits per heavy atom. The van der Waals surface area contributed by atoms with Gasteiger partial charge in [0, 0.05) is 30.0 Å². The highest BCUT2D eigenvalue weighted by Crippen LogP contribution is 2.28. The first kappa shape index (κ1) is 19.6. The fraction of sp³-hybridized carbons (Fsp3) is 0.333. The Hall–Kier alpha value is -2.71. The van der Waals surface area contributed by atoms with Gasteiger partial charge in [-0.2, -0.15) is 0 Å². The van der Waals surface area contributed by atoms with E-state index in [9.17, 15) is 4.79 Å². The maximum atomic E-state index is 12.5. The SMILES string of the molecule is O=C(CCSc1nnnn1C[C@H]1CCCO1)Nc1ccccc1-c1ccccc1. The molecule has 0 bridgehead atoms.